The number of Topliss-reactive ketones (excluding diaryl/α,β-unsaturated/α-hetero) is 1. The van der Waals surface area contributed by atoms with Crippen LogP contribution in [0, 0.1) is 0 Å². The molecule has 0 aliphatic rings. The molecule has 0 unspecified atom stereocenters. The Morgan fingerprint density at radius 2 is 1.90 bits per heavy atom. The molecular formula is C14H14O6. The summed E-state index contributed by atoms with van der Waals surface area (Å²) in [7, 11) is 1.37. The minimum absolute atomic E-state index is 0.0744. The van der Waals surface area contributed by atoms with E-state index in [9.17, 15) is 19.8 Å². The molecule has 1 heterocycles. The molecule has 0 radical (unpaired) electrons. The van der Waals surface area contributed by atoms with Gasteiger partial charge in [-0.15, -0.1) is 0 Å². The van der Waals surface area contributed by atoms with Crippen molar-refractivity contribution in [3.8, 4) is 5.75 Å². The smallest absolute Gasteiger partial charge is 0.336 e. The molecule has 0 bridgehead atoms. The normalized spacial score (nSPS) is 14.0. The summed E-state index contributed by atoms with van der Waals surface area (Å²) in [5, 5.41) is 20.4. The number of carbonyl (C=O) groups is 1. The van der Waals surface area contributed by atoms with Gasteiger partial charge in [0.2, 0.25) is 0 Å². The minimum Gasteiger partial charge on any atom is -0.496 e. The van der Waals surface area contributed by atoms with E-state index < -0.39 is 23.6 Å². The lowest BCUT2D eigenvalue weighted by Gasteiger charge is -2.19. The molecule has 0 aliphatic heterocycles. The lowest BCUT2D eigenvalue weighted by atomic mass is 9.98. The molecular weight excluding hydrogens is 264 g/mol. The average molecular weight is 278 g/mol. The van der Waals surface area contributed by atoms with E-state index in [1.165, 1.54) is 19.2 Å². The van der Waals surface area contributed by atoms with Gasteiger partial charge in [-0.05, 0) is 25.1 Å². The number of aliphatic hydroxyl groups excluding tert-OH is 2. The Kier molecular flexibility index (Phi) is 3.87. The van der Waals surface area contributed by atoms with Crippen molar-refractivity contribution >= 4 is 16.8 Å². The molecule has 2 N–H and O–H groups in total. The molecule has 106 valence electrons. The number of benzene rings is 1. The zero-order valence-electron chi connectivity index (χ0n) is 11.0. The SMILES string of the molecule is COc1ccc2ccc(=O)oc2c1[C@@H](O)[C@H](O)C(C)=O. The number of ether oxygens (including phenoxy) is 1. The number of ketones is 1. The third-order valence-electron chi connectivity index (χ3n) is 3.02. The Morgan fingerprint density at radius 1 is 1.25 bits per heavy atom. The Balaban J connectivity index is 2.73. The summed E-state index contributed by atoms with van der Waals surface area (Å²) in [6, 6.07) is 5.98. The van der Waals surface area contributed by atoms with E-state index >= 15 is 0 Å². The topological polar surface area (TPSA) is 97.0 Å². The van der Waals surface area contributed by atoms with Gasteiger partial charge in [-0.1, -0.05) is 0 Å². The van der Waals surface area contributed by atoms with Crippen LogP contribution >= 0.6 is 0 Å². The maximum absolute atomic E-state index is 11.3. The highest BCUT2D eigenvalue weighted by Gasteiger charge is 2.28. The monoisotopic (exact) mass is 278 g/mol. The van der Waals surface area contributed by atoms with Crippen LogP contribution in [0.3, 0.4) is 0 Å². The van der Waals surface area contributed by atoms with Crippen LogP contribution in [0.2, 0.25) is 0 Å². The molecule has 0 amide bonds. The van der Waals surface area contributed by atoms with E-state index in [1.54, 1.807) is 12.1 Å². The first-order valence-electron chi connectivity index (χ1n) is 5.93. The van der Waals surface area contributed by atoms with Gasteiger partial charge in [0.05, 0.1) is 12.7 Å². The van der Waals surface area contributed by atoms with Crippen LogP contribution in [-0.2, 0) is 4.79 Å². The second kappa shape index (κ2) is 5.44. The van der Waals surface area contributed by atoms with Crippen LogP contribution < -0.4 is 10.4 Å². The molecule has 1 aromatic heterocycles. The van der Waals surface area contributed by atoms with Crippen molar-refractivity contribution in [3.05, 3.63) is 40.2 Å². The Bertz CT molecular complexity index is 702. The molecule has 2 rings (SSSR count). The Morgan fingerprint density at radius 3 is 2.50 bits per heavy atom. The fourth-order valence-corrected chi connectivity index (χ4v) is 1.97. The molecule has 0 spiro atoms. The molecule has 0 saturated carbocycles. The third kappa shape index (κ3) is 2.43. The summed E-state index contributed by atoms with van der Waals surface area (Å²) >= 11 is 0. The van der Waals surface area contributed by atoms with Gasteiger partial charge in [-0.25, -0.2) is 4.79 Å². The van der Waals surface area contributed by atoms with Gasteiger partial charge in [-0.3, -0.25) is 4.79 Å². The van der Waals surface area contributed by atoms with Crippen molar-refractivity contribution in [1.29, 1.82) is 0 Å². The highest BCUT2D eigenvalue weighted by molar-refractivity contribution is 5.85. The summed E-state index contributed by atoms with van der Waals surface area (Å²) in [6.45, 7) is 1.15. The number of aliphatic hydroxyl groups is 2. The third-order valence-corrected chi connectivity index (χ3v) is 3.02. The molecule has 1 aromatic carbocycles. The summed E-state index contributed by atoms with van der Waals surface area (Å²) in [5.74, 6) is -0.380. The van der Waals surface area contributed by atoms with Gasteiger partial charge in [0, 0.05) is 11.5 Å². The largest absolute Gasteiger partial charge is 0.496 e. The number of carbonyl (C=O) groups excluding carboxylic acids is 1. The molecule has 0 fully saturated rings. The molecule has 0 aliphatic carbocycles. The number of fused-ring (bicyclic) bond motifs is 1. The maximum Gasteiger partial charge on any atom is 0.336 e. The second-order valence-corrected chi connectivity index (χ2v) is 4.35. The zero-order valence-corrected chi connectivity index (χ0v) is 11.0. The maximum atomic E-state index is 11.3. The summed E-state index contributed by atoms with van der Waals surface area (Å²) in [5.41, 5.74) is -0.438. The average Bonchev–Trinajstić information content (AvgIpc) is 2.44. The standard InChI is InChI=1S/C14H14O6/c1-7(15)12(17)13(18)11-9(19-2)5-3-8-4-6-10(16)20-14(8)11/h3-6,12-13,17-18H,1-2H3/t12-,13-/m1/s1. The second-order valence-electron chi connectivity index (χ2n) is 4.35. The number of rotatable bonds is 4. The van der Waals surface area contributed by atoms with Crippen LogP contribution in [0.1, 0.15) is 18.6 Å². The molecule has 6 nitrogen and oxygen atoms in total. The minimum atomic E-state index is -1.62. The van der Waals surface area contributed by atoms with Crippen molar-refractivity contribution in [3.63, 3.8) is 0 Å². The van der Waals surface area contributed by atoms with Crippen molar-refractivity contribution in [1.82, 2.24) is 0 Å². The zero-order chi connectivity index (χ0) is 14.9. The van der Waals surface area contributed by atoms with Crippen molar-refractivity contribution in [2.45, 2.75) is 19.1 Å². The van der Waals surface area contributed by atoms with Crippen LogP contribution in [0.25, 0.3) is 11.0 Å². The number of hydrogen-bond donors (Lipinski definition) is 2. The van der Waals surface area contributed by atoms with Crippen molar-refractivity contribution in [2.75, 3.05) is 7.11 Å². The van der Waals surface area contributed by atoms with Gasteiger partial charge in [0.1, 0.15) is 23.5 Å². The van der Waals surface area contributed by atoms with Gasteiger partial charge in [-0.2, -0.15) is 0 Å². The Hall–Kier alpha value is -2.18. The highest BCUT2D eigenvalue weighted by Crippen LogP contribution is 2.34. The number of hydrogen-bond acceptors (Lipinski definition) is 6. The van der Waals surface area contributed by atoms with E-state index in [-0.39, 0.29) is 16.9 Å². The van der Waals surface area contributed by atoms with E-state index in [0.29, 0.717) is 5.39 Å². The van der Waals surface area contributed by atoms with Gasteiger partial charge in [0.25, 0.3) is 0 Å². The molecule has 20 heavy (non-hydrogen) atoms. The predicted molar refractivity (Wildman–Crippen MR) is 70.7 cm³/mol. The first-order chi connectivity index (χ1) is 9.45. The van der Waals surface area contributed by atoms with Crippen LogP contribution in [-0.4, -0.2) is 29.2 Å². The van der Waals surface area contributed by atoms with E-state index in [0.717, 1.165) is 6.92 Å². The first kappa shape index (κ1) is 14.2. The van der Waals surface area contributed by atoms with Crippen LogP contribution in [0.15, 0.2) is 33.5 Å². The lowest BCUT2D eigenvalue weighted by molar-refractivity contribution is -0.130. The number of methoxy groups -OCH3 is 1. The lowest BCUT2D eigenvalue weighted by Crippen LogP contribution is -2.26. The van der Waals surface area contributed by atoms with Crippen LogP contribution in [0.4, 0.5) is 0 Å². The van der Waals surface area contributed by atoms with Crippen molar-refractivity contribution in [2.24, 2.45) is 0 Å². The highest BCUT2D eigenvalue weighted by atomic mass is 16.5. The fraction of sp³-hybridized carbons (Fsp3) is 0.286. The fourth-order valence-electron chi connectivity index (χ4n) is 1.97. The van der Waals surface area contributed by atoms with Gasteiger partial charge < -0.3 is 19.4 Å². The molecule has 2 aromatic rings. The van der Waals surface area contributed by atoms with Gasteiger partial charge in [0.15, 0.2) is 5.78 Å². The van der Waals surface area contributed by atoms with E-state index in [4.69, 9.17) is 9.15 Å². The van der Waals surface area contributed by atoms with Gasteiger partial charge >= 0.3 is 5.63 Å². The molecule has 6 heteroatoms. The summed E-state index contributed by atoms with van der Waals surface area (Å²) in [4.78, 5) is 22.6. The predicted octanol–water partition coefficient (Wildman–Crippen LogP) is 0.785. The van der Waals surface area contributed by atoms with E-state index in [2.05, 4.69) is 0 Å². The van der Waals surface area contributed by atoms with Crippen LogP contribution in [0.5, 0.6) is 5.75 Å². The quantitative estimate of drug-likeness (QED) is 0.802. The molecule has 0 saturated heterocycles. The van der Waals surface area contributed by atoms with Crippen molar-refractivity contribution < 1.29 is 24.2 Å². The Labute approximate surface area is 114 Å². The molecule has 2 atom stereocenters. The summed E-state index contributed by atoms with van der Waals surface area (Å²) < 4.78 is 10.2. The first-order valence-corrected chi connectivity index (χ1v) is 5.93. The summed E-state index contributed by atoms with van der Waals surface area (Å²) in [6.07, 6.45) is -3.17. The van der Waals surface area contributed by atoms with E-state index in [1.807, 2.05) is 0 Å².